The minimum Gasteiger partial charge on any atom is -0.480 e. The van der Waals surface area contributed by atoms with Gasteiger partial charge in [-0.05, 0) is 40.7 Å². The number of nitrogens with one attached hydrogen (secondary N) is 1. The van der Waals surface area contributed by atoms with E-state index < -0.39 is 11.5 Å². The van der Waals surface area contributed by atoms with Crippen molar-refractivity contribution in [2.75, 3.05) is 26.8 Å². The summed E-state index contributed by atoms with van der Waals surface area (Å²) in [6.07, 6.45) is 1.96. The molecule has 1 rings (SSSR count). The van der Waals surface area contributed by atoms with E-state index in [1.165, 1.54) is 0 Å². The lowest BCUT2D eigenvalue weighted by Gasteiger charge is -2.38. The van der Waals surface area contributed by atoms with Crippen molar-refractivity contribution >= 4 is 5.97 Å². The van der Waals surface area contributed by atoms with Gasteiger partial charge in [0, 0.05) is 31.8 Å². The van der Waals surface area contributed by atoms with Crippen molar-refractivity contribution in [3.05, 3.63) is 0 Å². The molecular formula is C13H26N2O3. The third kappa shape index (κ3) is 4.23. The highest BCUT2D eigenvalue weighted by Gasteiger charge is 2.36. The zero-order valence-corrected chi connectivity index (χ0v) is 11.9. The molecule has 0 amide bonds. The lowest BCUT2D eigenvalue weighted by Crippen LogP contribution is -2.59. The number of hydrogen-bond acceptors (Lipinski definition) is 4. The molecule has 0 aliphatic carbocycles. The molecular weight excluding hydrogens is 232 g/mol. The van der Waals surface area contributed by atoms with Gasteiger partial charge >= 0.3 is 5.97 Å². The Bertz CT molecular complexity index is 277. The minimum atomic E-state index is -0.902. The molecule has 5 heteroatoms. The zero-order chi connectivity index (χ0) is 13.8. The third-order valence-corrected chi connectivity index (χ3v) is 3.46. The third-order valence-electron chi connectivity index (χ3n) is 3.46. The molecule has 1 aliphatic rings. The van der Waals surface area contributed by atoms with Crippen molar-refractivity contribution in [3.63, 3.8) is 0 Å². The molecule has 0 bridgehead atoms. The van der Waals surface area contributed by atoms with E-state index in [4.69, 9.17) is 4.74 Å². The van der Waals surface area contributed by atoms with Crippen LogP contribution in [-0.2, 0) is 9.53 Å². The highest BCUT2D eigenvalue weighted by Crippen LogP contribution is 2.16. The predicted molar refractivity (Wildman–Crippen MR) is 70.8 cm³/mol. The van der Waals surface area contributed by atoms with Gasteiger partial charge in [-0.15, -0.1) is 0 Å². The molecule has 0 radical (unpaired) electrons. The van der Waals surface area contributed by atoms with Crippen molar-refractivity contribution in [1.29, 1.82) is 0 Å². The van der Waals surface area contributed by atoms with E-state index in [0.29, 0.717) is 12.6 Å². The van der Waals surface area contributed by atoms with Crippen LogP contribution >= 0.6 is 0 Å². The Morgan fingerprint density at radius 2 is 2.06 bits per heavy atom. The molecule has 1 fully saturated rings. The number of ether oxygens (including phenoxy) is 1. The molecule has 1 aliphatic heterocycles. The van der Waals surface area contributed by atoms with Crippen LogP contribution in [0.2, 0.25) is 0 Å². The van der Waals surface area contributed by atoms with Crippen LogP contribution < -0.4 is 5.32 Å². The minimum absolute atomic E-state index is 0.147. The maximum atomic E-state index is 11.5. The number of likely N-dealkylation sites (N-methyl/N-ethyl adjacent to an activating group) is 1. The summed E-state index contributed by atoms with van der Waals surface area (Å²) in [6.45, 7) is 7.74. The zero-order valence-electron chi connectivity index (χ0n) is 11.9. The fourth-order valence-electron chi connectivity index (χ4n) is 2.57. The number of nitrogens with zero attached hydrogens (tertiary/aromatic N) is 1. The molecule has 1 heterocycles. The fraction of sp³-hybridized carbons (Fsp3) is 0.923. The van der Waals surface area contributed by atoms with Crippen molar-refractivity contribution in [2.24, 2.45) is 0 Å². The van der Waals surface area contributed by atoms with E-state index in [-0.39, 0.29) is 6.04 Å². The van der Waals surface area contributed by atoms with E-state index in [1.54, 1.807) is 6.92 Å². The van der Waals surface area contributed by atoms with Gasteiger partial charge in [-0.1, -0.05) is 0 Å². The van der Waals surface area contributed by atoms with E-state index in [2.05, 4.69) is 10.2 Å². The second-order valence-electron chi connectivity index (χ2n) is 5.69. The Morgan fingerprint density at radius 1 is 1.50 bits per heavy atom. The molecule has 1 unspecified atom stereocenters. The van der Waals surface area contributed by atoms with Crippen LogP contribution in [0, 0.1) is 0 Å². The highest BCUT2D eigenvalue weighted by atomic mass is 16.5. The van der Waals surface area contributed by atoms with Crippen molar-refractivity contribution < 1.29 is 14.6 Å². The van der Waals surface area contributed by atoms with Gasteiger partial charge in [0.15, 0.2) is 0 Å². The lowest BCUT2D eigenvalue weighted by molar-refractivity contribution is -0.145. The van der Waals surface area contributed by atoms with Crippen molar-refractivity contribution in [3.8, 4) is 0 Å². The van der Waals surface area contributed by atoms with E-state index >= 15 is 0 Å². The quantitative estimate of drug-likeness (QED) is 0.742. The maximum absolute atomic E-state index is 11.5. The number of aliphatic carboxylic acids is 1. The Labute approximate surface area is 109 Å². The summed E-state index contributed by atoms with van der Waals surface area (Å²) in [6, 6.07) is 0.570. The number of rotatable bonds is 6. The molecule has 18 heavy (non-hydrogen) atoms. The first kappa shape index (κ1) is 15.4. The lowest BCUT2D eigenvalue weighted by atomic mass is 9.98. The normalized spacial score (nSPS) is 21.2. The van der Waals surface area contributed by atoms with Gasteiger partial charge in [0.1, 0.15) is 5.54 Å². The van der Waals surface area contributed by atoms with Crippen LogP contribution in [0.25, 0.3) is 0 Å². The predicted octanol–water partition coefficient (Wildman–Crippen LogP) is 0.939. The maximum Gasteiger partial charge on any atom is 0.324 e. The molecule has 0 spiro atoms. The summed E-state index contributed by atoms with van der Waals surface area (Å²) in [7, 11) is 2.00. The summed E-state index contributed by atoms with van der Waals surface area (Å²) in [5, 5.41) is 12.6. The molecule has 0 aromatic heterocycles. The molecule has 0 aromatic carbocycles. The van der Waals surface area contributed by atoms with E-state index in [0.717, 1.165) is 26.1 Å². The first-order valence-electron chi connectivity index (χ1n) is 6.64. The first-order chi connectivity index (χ1) is 8.35. The molecule has 0 saturated carbocycles. The largest absolute Gasteiger partial charge is 0.480 e. The molecule has 2 N–H and O–H groups in total. The molecule has 1 saturated heterocycles. The van der Waals surface area contributed by atoms with Gasteiger partial charge in [0.05, 0.1) is 0 Å². The first-order valence-corrected chi connectivity index (χ1v) is 6.64. The summed E-state index contributed by atoms with van der Waals surface area (Å²) >= 11 is 0. The van der Waals surface area contributed by atoms with Crippen LogP contribution in [0.5, 0.6) is 0 Å². The number of carbonyl (C=O) groups is 1. The summed E-state index contributed by atoms with van der Waals surface area (Å²) in [4.78, 5) is 13.6. The van der Waals surface area contributed by atoms with Gasteiger partial charge in [-0.25, -0.2) is 0 Å². The fourth-order valence-corrected chi connectivity index (χ4v) is 2.57. The number of carboxylic acid groups (broad SMARTS) is 1. The van der Waals surface area contributed by atoms with Gasteiger partial charge in [0.2, 0.25) is 0 Å². The van der Waals surface area contributed by atoms with Gasteiger partial charge in [-0.3, -0.25) is 10.1 Å². The van der Waals surface area contributed by atoms with E-state index in [1.807, 2.05) is 20.9 Å². The Morgan fingerprint density at radius 3 is 2.50 bits per heavy atom. The molecule has 106 valence electrons. The standard InChI is InChI=1S/C13H26N2O3/c1-10(2)14-13(3,12(16)17)9-15(4)11-5-7-18-8-6-11/h10-11,14H,5-9H2,1-4H3,(H,16,17). The number of hydrogen-bond donors (Lipinski definition) is 2. The summed E-state index contributed by atoms with van der Waals surface area (Å²) in [5.74, 6) is -0.796. The molecule has 1 atom stereocenters. The molecule has 5 nitrogen and oxygen atoms in total. The second kappa shape index (κ2) is 6.50. The van der Waals surface area contributed by atoms with Crippen LogP contribution in [0.1, 0.15) is 33.6 Å². The average molecular weight is 258 g/mol. The number of carboxylic acids is 1. The Balaban J connectivity index is 2.61. The summed E-state index contributed by atoms with van der Waals surface area (Å²) < 4.78 is 5.33. The van der Waals surface area contributed by atoms with Gasteiger partial charge in [0.25, 0.3) is 0 Å². The Kier molecular flexibility index (Phi) is 5.56. The second-order valence-corrected chi connectivity index (χ2v) is 5.69. The monoisotopic (exact) mass is 258 g/mol. The van der Waals surface area contributed by atoms with Crippen LogP contribution in [-0.4, -0.2) is 60.4 Å². The van der Waals surface area contributed by atoms with Crippen LogP contribution in [0.4, 0.5) is 0 Å². The summed E-state index contributed by atoms with van der Waals surface area (Å²) in [5.41, 5.74) is -0.902. The van der Waals surface area contributed by atoms with Crippen molar-refractivity contribution in [2.45, 2.75) is 51.2 Å². The SMILES string of the molecule is CC(C)NC(C)(CN(C)C1CCOCC1)C(=O)O. The van der Waals surface area contributed by atoms with Gasteiger partial charge < -0.3 is 14.7 Å². The highest BCUT2D eigenvalue weighted by molar-refractivity contribution is 5.78. The van der Waals surface area contributed by atoms with Crippen molar-refractivity contribution in [1.82, 2.24) is 10.2 Å². The van der Waals surface area contributed by atoms with E-state index in [9.17, 15) is 9.90 Å². The average Bonchev–Trinajstić information content (AvgIpc) is 2.28. The van der Waals surface area contributed by atoms with Gasteiger partial charge in [-0.2, -0.15) is 0 Å². The molecule has 0 aromatic rings. The van der Waals surface area contributed by atoms with Crippen LogP contribution in [0.15, 0.2) is 0 Å². The topological polar surface area (TPSA) is 61.8 Å². The van der Waals surface area contributed by atoms with Crippen LogP contribution in [0.3, 0.4) is 0 Å². The smallest absolute Gasteiger partial charge is 0.324 e. The Hall–Kier alpha value is -0.650.